The van der Waals surface area contributed by atoms with Crippen molar-refractivity contribution in [2.75, 3.05) is 5.43 Å². The predicted octanol–water partition coefficient (Wildman–Crippen LogP) is 4.21. The summed E-state index contributed by atoms with van der Waals surface area (Å²) in [7, 11) is -2.13. The van der Waals surface area contributed by atoms with Crippen molar-refractivity contribution >= 4 is 25.1 Å². The molecule has 0 aliphatic carbocycles. The molecule has 27 heavy (non-hydrogen) atoms. The summed E-state index contributed by atoms with van der Waals surface area (Å²) < 4.78 is 7.89. The number of para-hydroxylation sites is 1. The molecule has 0 aliphatic heterocycles. The van der Waals surface area contributed by atoms with Gasteiger partial charge in [0.05, 0.1) is 10.9 Å². The minimum atomic E-state index is -2.13. The number of nitrogens with zero attached hydrogens (tertiary/aromatic N) is 2. The van der Waals surface area contributed by atoms with Gasteiger partial charge in [0.1, 0.15) is 6.10 Å². The molecule has 0 aliphatic rings. The number of nitrogens with one attached hydrogen (secondary N) is 1. The number of benzene rings is 1. The highest BCUT2D eigenvalue weighted by Gasteiger charge is 2.41. The van der Waals surface area contributed by atoms with Gasteiger partial charge in [0.25, 0.3) is 5.56 Å². The fraction of sp³-hybridized carbons (Fsp3) is 0.550. The minimum Gasteiger partial charge on any atom is -0.406 e. The number of fused-ring (bicyclic) bond motifs is 1. The molecule has 1 N–H and O–H groups in total. The van der Waals surface area contributed by atoms with Crippen molar-refractivity contribution in [1.29, 1.82) is 0 Å². The molecule has 0 unspecified atom stereocenters. The lowest BCUT2D eigenvalue weighted by molar-refractivity contribution is -0.115. The average molecular weight is 390 g/mol. The molecular weight excluding hydrogens is 358 g/mol. The van der Waals surface area contributed by atoms with Crippen LogP contribution in [0.4, 0.5) is 0 Å². The summed E-state index contributed by atoms with van der Waals surface area (Å²) in [5.41, 5.74) is 2.94. The lowest BCUT2D eigenvalue weighted by Gasteiger charge is -2.40. The van der Waals surface area contributed by atoms with E-state index in [-0.39, 0.29) is 22.4 Å². The average Bonchev–Trinajstić information content (AvgIpc) is 2.53. The van der Waals surface area contributed by atoms with Crippen molar-refractivity contribution in [3.63, 3.8) is 0 Å². The largest absolute Gasteiger partial charge is 0.406 e. The second kappa shape index (κ2) is 7.56. The Morgan fingerprint density at radius 3 is 2.33 bits per heavy atom. The Hall–Kier alpha value is -1.99. The van der Waals surface area contributed by atoms with Crippen molar-refractivity contribution < 1.29 is 9.22 Å². The van der Waals surface area contributed by atoms with Gasteiger partial charge in [-0.3, -0.25) is 15.0 Å². The molecule has 148 valence electrons. The van der Waals surface area contributed by atoms with Gasteiger partial charge in [-0.15, -0.1) is 0 Å². The summed E-state index contributed by atoms with van der Waals surface area (Å²) in [6, 6.07) is 7.16. The first-order valence-electron chi connectivity index (χ1n) is 9.32. The maximum Gasteiger partial charge on any atom is 0.280 e. The summed E-state index contributed by atoms with van der Waals surface area (Å²) in [5, 5.41) is 0.473. The van der Waals surface area contributed by atoms with Gasteiger partial charge in [0.2, 0.25) is 5.91 Å². The first-order valence-corrected chi connectivity index (χ1v) is 12.2. The number of amides is 1. The maximum atomic E-state index is 13.0. The van der Waals surface area contributed by atoms with E-state index >= 15 is 0 Å². The molecule has 0 radical (unpaired) electrons. The minimum absolute atomic E-state index is 0.0100. The normalized spacial score (nSPS) is 13.8. The molecule has 1 atom stereocenters. The van der Waals surface area contributed by atoms with Gasteiger partial charge < -0.3 is 4.43 Å². The Bertz CT molecular complexity index is 897. The van der Waals surface area contributed by atoms with Crippen LogP contribution in [0.2, 0.25) is 18.1 Å². The first-order chi connectivity index (χ1) is 12.3. The van der Waals surface area contributed by atoms with E-state index in [2.05, 4.69) is 39.3 Å². The SMILES string of the molecule is CC(=O)Nn1c([C@@H](O[Si](C)(C)C(C)(C)C)C(C)C)nc2ccccc2c1=O. The first kappa shape index (κ1) is 21.3. The van der Waals surface area contributed by atoms with Crippen molar-refractivity contribution in [1.82, 2.24) is 9.66 Å². The Labute approximate surface area is 162 Å². The number of hydrogen-bond acceptors (Lipinski definition) is 4. The molecular formula is C20H31N3O3Si. The summed E-state index contributed by atoms with van der Waals surface area (Å²) in [6.45, 7) is 16.3. The third kappa shape index (κ3) is 4.47. The van der Waals surface area contributed by atoms with E-state index in [0.29, 0.717) is 16.7 Å². The van der Waals surface area contributed by atoms with E-state index in [4.69, 9.17) is 9.41 Å². The summed E-state index contributed by atoms with van der Waals surface area (Å²) in [5.74, 6) is 0.186. The molecule has 1 aromatic carbocycles. The van der Waals surface area contributed by atoms with Crippen LogP contribution >= 0.6 is 0 Å². The second-order valence-electron chi connectivity index (χ2n) is 8.84. The van der Waals surface area contributed by atoms with Gasteiger partial charge in [-0.1, -0.05) is 46.8 Å². The summed E-state index contributed by atoms with van der Waals surface area (Å²) in [4.78, 5) is 29.5. The quantitative estimate of drug-likeness (QED) is 0.778. The molecule has 2 rings (SSSR count). The molecule has 1 amide bonds. The maximum absolute atomic E-state index is 13.0. The molecule has 7 heteroatoms. The van der Waals surface area contributed by atoms with Crippen LogP contribution in [0.3, 0.4) is 0 Å². The number of carbonyl (C=O) groups is 1. The predicted molar refractivity (Wildman–Crippen MR) is 112 cm³/mol. The van der Waals surface area contributed by atoms with Gasteiger partial charge in [-0.25, -0.2) is 4.98 Å². The van der Waals surface area contributed by atoms with Crippen molar-refractivity contribution in [3.8, 4) is 0 Å². The zero-order valence-electron chi connectivity index (χ0n) is 17.6. The van der Waals surface area contributed by atoms with Gasteiger partial charge in [0, 0.05) is 6.92 Å². The highest BCUT2D eigenvalue weighted by Crippen LogP contribution is 2.41. The van der Waals surface area contributed by atoms with Crippen LogP contribution in [0, 0.1) is 5.92 Å². The molecule has 2 aromatic rings. The number of carbonyl (C=O) groups excluding carboxylic acids is 1. The van der Waals surface area contributed by atoms with Gasteiger partial charge >= 0.3 is 0 Å². The van der Waals surface area contributed by atoms with Crippen molar-refractivity contribution in [2.24, 2.45) is 5.92 Å². The topological polar surface area (TPSA) is 73.2 Å². The van der Waals surface area contributed by atoms with E-state index < -0.39 is 14.4 Å². The zero-order valence-corrected chi connectivity index (χ0v) is 18.6. The van der Waals surface area contributed by atoms with Gasteiger partial charge in [-0.05, 0) is 36.2 Å². The Morgan fingerprint density at radius 2 is 1.81 bits per heavy atom. The number of aromatic nitrogens is 2. The fourth-order valence-electron chi connectivity index (χ4n) is 2.59. The van der Waals surface area contributed by atoms with Gasteiger partial charge in [-0.2, -0.15) is 4.68 Å². The van der Waals surface area contributed by atoms with Crippen molar-refractivity contribution in [2.45, 2.75) is 65.8 Å². The van der Waals surface area contributed by atoms with E-state index in [0.717, 1.165) is 0 Å². The molecule has 0 spiro atoms. The van der Waals surface area contributed by atoms with Gasteiger partial charge in [0.15, 0.2) is 14.1 Å². The zero-order chi connectivity index (χ0) is 20.6. The Balaban J connectivity index is 2.71. The number of hydrogen-bond donors (Lipinski definition) is 1. The van der Waals surface area contributed by atoms with Crippen LogP contribution in [0.25, 0.3) is 10.9 Å². The van der Waals surface area contributed by atoms with E-state index in [9.17, 15) is 9.59 Å². The van der Waals surface area contributed by atoms with Crippen LogP contribution in [-0.4, -0.2) is 23.9 Å². The standard InChI is InChI=1S/C20H31N3O3Si/c1-13(2)17(26-27(7,8)20(4,5)6)18-21-16-12-10-9-11-15(16)19(25)23(18)22-14(3)24/h9-13,17H,1-8H3,(H,22,24)/t17-/m0/s1. The lowest BCUT2D eigenvalue weighted by atomic mass is 10.1. The molecule has 0 fully saturated rings. The monoisotopic (exact) mass is 389 g/mol. The van der Waals surface area contributed by atoms with Crippen LogP contribution in [0.5, 0.6) is 0 Å². The molecule has 0 saturated carbocycles. The Kier molecular flexibility index (Phi) is 5.96. The molecule has 0 bridgehead atoms. The highest BCUT2D eigenvalue weighted by molar-refractivity contribution is 6.74. The van der Waals surface area contributed by atoms with Crippen LogP contribution in [0.15, 0.2) is 29.1 Å². The second-order valence-corrected chi connectivity index (χ2v) is 13.6. The summed E-state index contributed by atoms with van der Waals surface area (Å²) in [6.07, 6.45) is -0.407. The number of rotatable bonds is 5. The third-order valence-electron chi connectivity index (χ3n) is 5.16. The van der Waals surface area contributed by atoms with Crippen LogP contribution < -0.4 is 11.0 Å². The third-order valence-corrected chi connectivity index (χ3v) is 9.61. The Morgan fingerprint density at radius 1 is 1.22 bits per heavy atom. The molecule has 1 heterocycles. The van der Waals surface area contributed by atoms with Crippen molar-refractivity contribution in [3.05, 3.63) is 40.4 Å². The smallest absolute Gasteiger partial charge is 0.280 e. The van der Waals surface area contributed by atoms with Crippen LogP contribution in [0.1, 0.15) is 53.5 Å². The highest BCUT2D eigenvalue weighted by atomic mass is 28.4. The van der Waals surface area contributed by atoms with E-state index in [1.54, 1.807) is 12.1 Å². The fourth-order valence-corrected chi connectivity index (χ4v) is 3.95. The van der Waals surface area contributed by atoms with E-state index in [1.165, 1.54) is 11.6 Å². The summed E-state index contributed by atoms with van der Waals surface area (Å²) >= 11 is 0. The van der Waals surface area contributed by atoms with Crippen LogP contribution in [-0.2, 0) is 9.22 Å². The molecule has 1 aromatic heterocycles. The van der Waals surface area contributed by atoms with E-state index in [1.807, 2.05) is 26.0 Å². The molecule has 6 nitrogen and oxygen atoms in total. The lowest BCUT2D eigenvalue weighted by Crippen LogP contribution is -2.45. The molecule has 0 saturated heterocycles.